The van der Waals surface area contributed by atoms with Crippen molar-refractivity contribution in [2.45, 2.75) is 24.9 Å². The average Bonchev–Trinajstić information content (AvgIpc) is 3.21. The van der Waals surface area contributed by atoms with Gasteiger partial charge in [-0.25, -0.2) is 13.4 Å². The predicted molar refractivity (Wildman–Crippen MR) is 114 cm³/mol. The van der Waals surface area contributed by atoms with Crippen molar-refractivity contribution in [3.8, 4) is 0 Å². The molecule has 0 atom stereocenters. The molecule has 8 heteroatoms. The molecule has 0 fully saturated rings. The number of aryl methyl sites for hydroxylation is 1. The van der Waals surface area contributed by atoms with Crippen LogP contribution in [0.1, 0.15) is 16.3 Å². The zero-order chi connectivity index (χ0) is 20.4. The molecule has 0 radical (unpaired) electrons. The molecule has 2 heterocycles. The van der Waals surface area contributed by atoms with Crippen LogP contribution in [0.4, 0.5) is 0 Å². The van der Waals surface area contributed by atoms with Gasteiger partial charge in [-0.05, 0) is 42.6 Å². The monoisotopic (exact) mass is 425 g/mol. The lowest BCUT2D eigenvalue weighted by atomic mass is 10.2. The number of H-pyrrole nitrogens is 1. The Labute approximate surface area is 172 Å². The zero-order valence-corrected chi connectivity index (χ0v) is 17.3. The number of hydrogen-bond acceptors (Lipinski definition) is 5. The van der Waals surface area contributed by atoms with E-state index in [9.17, 15) is 13.2 Å². The number of fused-ring (bicyclic) bond motifs is 1. The molecule has 0 saturated heterocycles. The maximum absolute atomic E-state index is 13.3. The van der Waals surface area contributed by atoms with Crippen molar-refractivity contribution in [1.82, 2.24) is 14.3 Å². The van der Waals surface area contributed by atoms with Crippen LogP contribution in [0.15, 0.2) is 75.7 Å². The van der Waals surface area contributed by atoms with E-state index in [0.717, 1.165) is 10.4 Å². The van der Waals surface area contributed by atoms with E-state index in [1.54, 1.807) is 48.5 Å². The topological polar surface area (TPSA) is 83.1 Å². The van der Waals surface area contributed by atoms with Gasteiger partial charge in [0.2, 0.25) is 10.0 Å². The van der Waals surface area contributed by atoms with Crippen molar-refractivity contribution in [2.24, 2.45) is 0 Å². The number of rotatable bonds is 6. The minimum Gasteiger partial charge on any atom is -0.309 e. The largest absolute Gasteiger partial charge is 0.309 e. The second-order valence-corrected chi connectivity index (χ2v) is 9.67. The molecule has 148 valence electrons. The first-order chi connectivity index (χ1) is 13.9. The van der Waals surface area contributed by atoms with Gasteiger partial charge in [0, 0.05) is 11.4 Å². The maximum Gasteiger partial charge on any atom is 0.258 e. The van der Waals surface area contributed by atoms with Gasteiger partial charge < -0.3 is 4.98 Å². The Hall–Kier alpha value is -2.81. The molecule has 1 N–H and O–H groups in total. The summed E-state index contributed by atoms with van der Waals surface area (Å²) in [6.07, 6.45) is 0. The molecule has 29 heavy (non-hydrogen) atoms. The van der Waals surface area contributed by atoms with Gasteiger partial charge in [-0.1, -0.05) is 35.9 Å². The van der Waals surface area contributed by atoms with E-state index in [-0.39, 0.29) is 23.5 Å². The molecule has 4 rings (SSSR count). The summed E-state index contributed by atoms with van der Waals surface area (Å²) in [5.41, 5.74) is 1.23. The Balaban J connectivity index is 1.75. The molecule has 0 aliphatic heterocycles. The highest BCUT2D eigenvalue weighted by Crippen LogP contribution is 2.22. The van der Waals surface area contributed by atoms with Crippen LogP contribution in [-0.2, 0) is 23.1 Å². The predicted octanol–water partition coefficient (Wildman–Crippen LogP) is 3.68. The average molecular weight is 426 g/mol. The molecule has 6 nitrogen and oxygen atoms in total. The Morgan fingerprint density at radius 1 is 1.00 bits per heavy atom. The molecular weight excluding hydrogens is 406 g/mol. The van der Waals surface area contributed by atoms with Gasteiger partial charge in [0.15, 0.2) is 0 Å². The summed E-state index contributed by atoms with van der Waals surface area (Å²) in [4.78, 5) is 20.7. The molecule has 0 aliphatic rings. The molecule has 0 aliphatic carbocycles. The highest BCUT2D eigenvalue weighted by atomic mass is 32.2. The summed E-state index contributed by atoms with van der Waals surface area (Å²) >= 11 is 1.48. The highest BCUT2D eigenvalue weighted by molar-refractivity contribution is 7.89. The van der Waals surface area contributed by atoms with Crippen LogP contribution in [0.25, 0.3) is 10.9 Å². The number of benzene rings is 2. The fraction of sp³-hybridized carbons (Fsp3) is 0.143. The molecule has 2 aromatic heterocycles. The summed E-state index contributed by atoms with van der Waals surface area (Å²) in [5.74, 6) is 0.306. The highest BCUT2D eigenvalue weighted by Gasteiger charge is 2.26. The summed E-state index contributed by atoms with van der Waals surface area (Å²) in [5, 5.41) is 2.38. The van der Waals surface area contributed by atoms with E-state index in [4.69, 9.17) is 0 Å². The van der Waals surface area contributed by atoms with Gasteiger partial charge in [0.05, 0.1) is 22.3 Å². The lowest BCUT2D eigenvalue weighted by molar-refractivity contribution is 0.395. The van der Waals surface area contributed by atoms with Crippen molar-refractivity contribution in [2.75, 3.05) is 0 Å². The van der Waals surface area contributed by atoms with E-state index >= 15 is 0 Å². The Morgan fingerprint density at radius 3 is 2.48 bits per heavy atom. The Morgan fingerprint density at radius 2 is 1.76 bits per heavy atom. The van der Waals surface area contributed by atoms with Crippen LogP contribution < -0.4 is 5.56 Å². The first-order valence-electron chi connectivity index (χ1n) is 9.00. The number of aromatic amines is 1. The van der Waals surface area contributed by atoms with Crippen LogP contribution in [-0.4, -0.2) is 22.7 Å². The molecule has 2 aromatic carbocycles. The van der Waals surface area contributed by atoms with Crippen molar-refractivity contribution < 1.29 is 8.42 Å². The smallest absolute Gasteiger partial charge is 0.258 e. The number of thiophene rings is 1. The van der Waals surface area contributed by atoms with Gasteiger partial charge >= 0.3 is 0 Å². The van der Waals surface area contributed by atoms with Crippen LogP contribution in [0.2, 0.25) is 0 Å². The van der Waals surface area contributed by atoms with Crippen molar-refractivity contribution in [3.63, 3.8) is 0 Å². The number of nitrogens with zero attached hydrogens (tertiary/aromatic N) is 2. The quantitative estimate of drug-likeness (QED) is 0.511. The summed E-state index contributed by atoms with van der Waals surface area (Å²) in [6, 6.07) is 17.5. The third kappa shape index (κ3) is 4.14. The van der Waals surface area contributed by atoms with Gasteiger partial charge in [-0.3, -0.25) is 4.79 Å². The SMILES string of the molecule is Cc1ccc(S(=O)(=O)N(Cc2nc3ccccc3c(=O)[nH]2)Cc2cccs2)cc1. The third-order valence-corrected chi connectivity index (χ3v) is 7.23. The summed E-state index contributed by atoms with van der Waals surface area (Å²) in [7, 11) is -3.78. The number of sulfonamides is 1. The minimum absolute atomic E-state index is 0.0335. The lowest BCUT2D eigenvalue weighted by Gasteiger charge is -2.21. The van der Waals surface area contributed by atoms with Crippen LogP contribution in [0.3, 0.4) is 0 Å². The molecule has 0 spiro atoms. The summed E-state index contributed by atoms with van der Waals surface area (Å²) in [6.45, 7) is 2.07. The molecule has 0 bridgehead atoms. The minimum atomic E-state index is -3.78. The van der Waals surface area contributed by atoms with E-state index in [1.165, 1.54) is 15.6 Å². The molecule has 0 amide bonds. The fourth-order valence-electron chi connectivity index (χ4n) is 3.04. The molecule has 4 aromatic rings. The standard InChI is InChI=1S/C21H19N3O3S2/c1-15-8-10-17(11-9-15)29(26,27)24(13-16-5-4-12-28-16)14-20-22-19-7-3-2-6-18(19)21(25)23-20/h2-12H,13-14H2,1H3,(H,22,23,25). The van der Waals surface area contributed by atoms with E-state index < -0.39 is 10.0 Å². The van der Waals surface area contributed by atoms with Gasteiger partial charge in [-0.2, -0.15) is 4.31 Å². The second-order valence-electron chi connectivity index (χ2n) is 6.70. The Kier molecular flexibility index (Phi) is 5.31. The maximum atomic E-state index is 13.3. The first-order valence-corrected chi connectivity index (χ1v) is 11.3. The van der Waals surface area contributed by atoms with Crippen molar-refractivity contribution >= 4 is 32.3 Å². The van der Waals surface area contributed by atoms with Crippen molar-refractivity contribution in [3.05, 3.63) is 92.7 Å². The van der Waals surface area contributed by atoms with E-state index in [2.05, 4.69) is 9.97 Å². The third-order valence-electron chi connectivity index (χ3n) is 4.56. The summed E-state index contributed by atoms with van der Waals surface area (Å²) < 4.78 is 28.0. The number of para-hydroxylation sites is 1. The number of aromatic nitrogens is 2. The van der Waals surface area contributed by atoms with Crippen molar-refractivity contribution in [1.29, 1.82) is 0 Å². The Bertz CT molecular complexity index is 1300. The fourth-order valence-corrected chi connectivity index (χ4v) is 5.22. The normalized spacial score (nSPS) is 11.9. The number of hydrogen-bond donors (Lipinski definition) is 1. The zero-order valence-electron chi connectivity index (χ0n) is 15.7. The molecule has 0 unspecified atom stereocenters. The van der Waals surface area contributed by atoms with E-state index in [0.29, 0.717) is 16.7 Å². The molecule has 0 saturated carbocycles. The first kappa shape index (κ1) is 19.5. The number of nitrogens with one attached hydrogen (secondary N) is 1. The van der Waals surface area contributed by atoms with Crippen LogP contribution >= 0.6 is 11.3 Å². The molecular formula is C21H19N3O3S2. The second kappa shape index (κ2) is 7.90. The van der Waals surface area contributed by atoms with Crippen LogP contribution in [0, 0.1) is 6.92 Å². The van der Waals surface area contributed by atoms with Gasteiger partial charge in [-0.15, -0.1) is 11.3 Å². The lowest BCUT2D eigenvalue weighted by Crippen LogP contribution is -2.31. The van der Waals surface area contributed by atoms with Gasteiger partial charge in [0.25, 0.3) is 5.56 Å². The van der Waals surface area contributed by atoms with E-state index in [1.807, 2.05) is 24.4 Å². The van der Waals surface area contributed by atoms with Crippen LogP contribution in [0.5, 0.6) is 0 Å². The van der Waals surface area contributed by atoms with Gasteiger partial charge in [0.1, 0.15) is 5.82 Å².